The molecular formula is C16H16N2O2S. The van der Waals surface area contributed by atoms with Crippen molar-refractivity contribution < 1.29 is 8.42 Å². The summed E-state index contributed by atoms with van der Waals surface area (Å²) in [4.78, 5) is 2.14. The van der Waals surface area contributed by atoms with Crippen LogP contribution >= 0.6 is 0 Å². The fourth-order valence-corrected chi connectivity index (χ4v) is 3.47. The van der Waals surface area contributed by atoms with E-state index in [-0.39, 0.29) is 4.90 Å². The average molecular weight is 300 g/mol. The van der Waals surface area contributed by atoms with Gasteiger partial charge in [-0.05, 0) is 37.1 Å². The molecule has 0 saturated heterocycles. The monoisotopic (exact) mass is 300 g/mol. The zero-order valence-electron chi connectivity index (χ0n) is 11.9. The van der Waals surface area contributed by atoms with Crippen LogP contribution in [-0.4, -0.2) is 14.8 Å². The van der Waals surface area contributed by atoms with Crippen molar-refractivity contribution in [1.29, 1.82) is 0 Å². The average Bonchev–Trinajstić information content (AvgIpc) is 2.42. The molecule has 2 aromatic carbocycles. The second kappa shape index (κ2) is 5.00. The maximum absolute atomic E-state index is 12.0. The zero-order valence-corrected chi connectivity index (χ0v) is 12.8. The van der Waals surface area contributed by atoms with E-state index in [4.69, 9.17) is 0 Å². The molecule has 0 fully saturated rings. The van der Waals surface area contributed by atoms with E-state index in [9.17, 15) is 8.42 Å². The first kappa shape index (κ1) is 13.8. The van der Waals surface area contributed by atoms with Gasteiger partial charge in [-0.1, -0.05) is 35.9 Å². The molecule has 21 heavy (non-hydrogen) atoms. The lowest BCUT2D eigenvalue weighted by Gasteiger charge is -2.25. The summed E-state index contributed by atoms with van der Waals surface area (Å²) in [5.74, 6) is 0. The number of hydrogen-bond acceptors (Lipinski definition) is 3. The number of rotatable bonds is 2. The van der Waals surface area contributed by atoms with Gasteiger partial charge in [-0.3, -0.25) is 0 Å². The van der Waals surface area contributed by atoms with Gasteiger partial charge in [0.2, 0.25) is 0 Å². The second-order valence-electron chi connectivity index (χ2n) is 5.28. The predicted octanol–water partition coefficient (Wildman–Crippen LogP) is 3.04. The molecule has 2 aromatic rings. The van der Waals surface area contributed by atoms with Crippen LogP contribution < -0.4 is 4.90 Å². The second-order valence-corrected chi connectivity index (χ2v) is 6.88. The molecule has 0 aliphatic carbocycles. The summed E-state index contributed by atoms with van der Waals surface area (Å²) in [5.41, 5.74) is 4.01. The van der Waals surface area contributed by atoms with Crippen molar-refractivity contribution >= 4 is 22.0 Å². The Balaban J connectivity index is 2.04. The fourth-order valence-electron chi connectivity index (χ4n) is 2.44. The molecule has 0 bridgehead atoms. The van der Waals surface area contributed by atoms with E-state index in [1.54, 1.807) is 12.1 Å². The van der Waals surface area contributed by atoms with Crippen LogP contribution in [0.25, 0.3) is 0 Å². The summed E-state index contributed by atoms with van der Waals surface area (Å²) in [7, 11) is -3.56. The molecule has 0 spiro atoms. The van der Waals surface area contributed by atoms with Crippen LogP contribution in [-0.2, 0) is 16.6 Å². The van der Waals surface area contributed by atoms with E-state index in [1.165, 1.54) is 11.9 Å². The maximum atomic E-state index is 12.0. The Kier molecular flexibility index (Phi) is 3.29. The van der Waals surface area contributed by atoms with E-state index in [0.29, 0.717) is 12.2 Å². The third kappa shape index (κ3) is 2.69. The Morgan fingerprint density at radius 1 is 1.05 bits per heavy atom. The van der Waals surface area contributed by atoms with Crippen LogP contribution in [0, 0.1) is 13.8 Å². The number of benzene rings is 2. The van der Waals surface area contributed by atoms with Gasteiger partial charge in [-0.25, -0.2) is 0 Å². The quantitative estimate of drug-likeness (QED) is 0.856. The van der Waals surface area contributed by atoms with Gasteiger partial charge in [0.25, 0.3) is 10.0 Å². The summed E-state index contributed by atoms with van der Waals surface area (Å²) >= 11 is 0. The van der Waals surface area contributed by atoms with Gasteiger partial charge in [0.05, 0.1) is 5.69 Å². The minimum atomic E-state index is -3.56. The highest BCUT2D eigenvalue weighted by Crippen LogP contribution is 2.31. The highest BCUT2D eigenvalue weighted by atomic mass is 32.2. The van der Waals surface area contributed by atoms with Crippen LogP contribution in [0.1, 0.15) is 16.7 Å². The highest BCUT2D eigenvalue weighted by molar-refractivity contribution is 7.90. The molecule has 1 aliphatic rings. The topological polar surface area (TPSA) is 49.7 Å². The molecule has 108 valence electrons. The summed E-state index contributed by atoms with van der Waals surface area (Å²) < 4.78 is 27.7. The van der Waals surface area contributed by atoms with Crippen LogP contribution in [0.4, 0.5) is 5.69 Å². The molecule has 3 rings (SSSR count). The first-order valence-electron chi connectivity index (χ1n) is 6.69. The van der Waals surface area contributed by atoms with E-state index < -0.39 is 10.0 Å². The number of sulfonamides is 1. The number of fused-ring (bicyclic) bond motifs is 1. The first-order valence-corrected chi connectivity index (χ1v) is 8.13. The summed E-state index contributed by atoms with van der Waals surface area (Å²) in [6.07, 6.45) is 1.40. The molecule has 0 N–H and O–H groups in total. The van der Waals surface area contributed by atoms with E-state index >= 15 is 0 Å². The Labute approximate surface area is 124 Å². The zero-order chi connectivity index (χ0) is 15.0. The Morgan fingerprint density at radius 2 is 1.81 bits per heavy atom. The molecule has 1 heterocycles. The van der Waals surface area contributed by atoms with Gasteiger partial charge in [-0.15, -0.1) is 4.40 Å². The highest BCUT2D eigenvalue weighted by Gasteiger charge is 2.25. The molecule has 0 aromatic heterocycles. The lowest BCUT2D eigenvalue weighted by molar-refractivity contribution is 0.597. The van der Waals surface area contributed by atoms with Crippen LogP contribution in [0.3, 0.4) is 0 Å². The van der Waals surface area contributed by atoms with Gasteiger partial charge in [0.15, 0.2) is 0 Å². The van der Waals surface area contributed by atoms with Gasteiger partial charge < -0.3 is 4.90 Å². The maximum Gasteiger partial charge on any atom is 0.285 e. The molecule has 0 atom stereocenters. The largest absolute Gasteiger partial charge is 0.326 e. The lowest BCUT2D eigenvalue weighted by atomic mass is 10.1. The molecular weight excluding hydrogens is 284 g/mol. The first-order chi connectivity index (χ1) is 9.95. The standard InChI is InChI=1S/C16H16N2O2S/c1-12-4-3-5-14(8-12)10-18-11-17-21(19,20)16-7-6-13(2)9-15(16)18/h3-9,11H,10H2,1-2H3. The van der Waals surface area contributed by atoms with Crippen LogP contribution in [0.5, 0.6) is 0 Å². The summed E-state index contributed by atoms with van der Waals surface area (Å²) in [6, 6.07) is 13.5. The normalized spacial score (nSPS) is 15.8. The van der Waals surface area contributed by atoms with Crippen molar-refractivity contribution in [3.63, 3.8) is 0 Å². The number of nitrogens with zero attached hydrogens (tertiary/aromatic N) is 2. The summed E-state index contributed by atoms with van der Waals surface area (Å²) in [5, 5.41) is 0. The third-order valence-electron chi connectivity index (χ3n) is 3.46. The van der Waals surface area contributed by atoms with Crippen molar-refractivity contribution in [2.24, 2.45) is 4.40 Å². The van der Waals surface area contributed by atoms with E-state index in [2.05, 4.69) is 10.5 Å². The van der Waals surface area contributed by atoms with Gasteiger partial charge in [0.1, 0.15) is 11.2 Å². The van der Waals surface area contributed by atoms with Crippen LogP contribution in [0.15, 0.2) is 51.8 Å². The Morgan fingerprint density at radius 3 is 2.57 bits per heavy atom. The number of aryl methyl sites for hydroxylation is 2. The lowest BCUT2D eigenvalue weighted by Crippen LogP contribution is -2.26. The molecule has 5 heteroatoms. The van der Waals surface area contributed by atoms with E-state index in [0.717, 1.165) is 11.1 Å². The minimum Gasteiger partial charge on any atom is -0.326 e. The van der Waals surface area contributed by atoms with Gasteiger partial charge in [0, 0.05) is 6.54 Å². The SMILES string of the molecule is Cc1cccc(CN2C=NS(=O)(=O)c3ccc(C)cc32)c1. The summed E-state index contributed by atoms with van der Waals surface area (Å²) in [6.45, 7) is 4.58. The van der Waals surface area contributed by atoms with Gasteiger partial charge in [-0.2, -0.15) is 8.42 Å². The van der Waals surface area contributed by atoms with Crippen molar-refractivity contribution in [1.82, 2.24) is 0 Å². The van der Waals surface area contributed by atoms with Crippen molar-refractivity contribution in [2.75, 3.05) is 4.90 Å². The van der Waals surface area contributed by atoms with Crippen LogP contribution in [0.2, 0.25) is 0 Å². The third-order valence-corrected chi connectivity index (χ3v) is 4.74. The molecule has 0 unspecified atom stereocenters. The molecule has 4 nitrogen and oxygen atoms in total. The Bertz CT molecular complexity index is 826. The van der Waals surface area contributed by atoms with E-state index in [1.807, 2.05) is 43.0 Å². The molecule has 1 aliphatic heterocycles. The number of anilines is 1. The van der Waals surface area contributed by atoms with Crippen molar-refractivity contribution in [2.45, 2.75) is 25.3 Å². The smallest absolute Gasteiger partial charge is 0.285 e. The molecule has 0 radical (unpaired) electrons. The Hall–Kier alpha value is -2.14. The number of hydrogen-bond donors (Lipinski definition) is 0. The van der Waals surface area contributed by atoms with Gasteiger partial charge >= 0.3 is 0 Å². The molecule has 0 saturated carbocycles. The fraction of sp³-hybridized carbons (Fsp3) is 0.188. The van der Waals surface area contributed by atoms with Crippen molar-refractivity contribution in [3.05, 3.63) is 59.2 Å². The van der Waals surface area contributed by atoms with Crippen molar-refractivity contribution in [3.8, 4) is 0 Å². The molecule has 0 amide bonds. The minimum absolute atomic E-state index is 0.267. The predicted molar refractivity (Wildman–Crippen MR) is 84.2 cm³/mol.